The molecule has 4 heterocycles. The Balaban J connectivity index is 0.000000477. The number of hydroxylamine groups is 2. The number of hydrogen-bond acceptors (Lipinski definition) is 8. The Morgan fingerprint density at radius 2 is 1.93 bits per heavy atom. The molecule has 3 N–H and O–H groups in total. The first kappa shape index (κ1) is 26.8. The number of nitrogens with one attached hydrogen (secondary N) is 3. The second kappa shape index (κ2) is 12.3. The van der Waals surface area contributed by atoms with Crippen LogP contribution >= 0.6 is 0 Å². The Morgan fingerprint density at radius 1 is 1.10 bits per heavy atom. The topological polar surface area (TPSA) is 130 Å². The number of aromatic amines is 1. The van der Waals surface area contributed by atoms with Gasteiger partial charge in [0.25, 0.3) is 0 Å². The molecule has 0 unspecified atom stereocenters. The number of ether oxygens (including phenoxy) is 1. The number of hydrogen-bond donors (Lipinski definition) is 3. The van der Waals surface area contributed by atoms with Gasteiger partial charge in [-0.2, -0.15) is 0 Å². The molecule has 1 aromatic carbocycles. The van der Waals surface area contributed by atoms with Crippen molar-refractivity contribution in [1.29, 1.82) is 0 Å². The number of allylic oxidation sites excluding steroid dienone is 4. The predicted molar refractivity (Wildman–Crippen MR) is 150 cm³/mol. The number of H-pyrrole nitrogens is 1. The van der Waals surface area contributed by atoms with Crippen molar-refractivity contribution in [2.24, 2.45) is 0 Å². The van der Waals surface area contributed by atoms with Crippen LogP contribution in [0.2, 0.25) is 0 Å². The van der Waals surface area contributed by atoms with Gasteiger partial charge >= 0.3 is 6.03 Å². The molecule has 6 rings (SSSR count). The molecule has 12 heteroatoms. The van der Waals surface area contributed by atoms with Gasteiger partial charge in [0.1, 0.15) is 34.9 Å². The number of carbonyl (C=O) groups is 1. The zero-order valence-corrected chi connectivity index (χ0v) is 22.1. The molecule has 40 heavy (non-hydrogen) atoms. The van der Waals surface area contributed by atoms with Crippen molar-refractivity contribution in [3.63, 3.8) is 0 Å². The van der Waals surface area contributed by atoms with Crippen LogP contribution in [0.4, 0.5) is 26.4 Å². The van der Waals surface area contributed by atoms with Gasteiger partial charge in [0.2, 0.25) is 0 Å². The Labute approximate surface area is 230 Å². The summed E-state index contributed by atoms with van der Waals surface area (Å²) in [6.07, 6.45) is 16.2. The summed E-state index contributed by atoms with van der Waals surface area (Å²) in [7, 11) is 1.54. The summed E-state index contributed by atoms with van der Waals surface area (Å²) in [4.78, 5) is 37.9. The zero-order valence-electron chi connectivity index (χ0n) is 22.1. The lowest BCUT2D eigenvalue weighted by Crippen LogP contribution is -2.31. The van der Waals surface area contributed by atoms with Crippen molar-refractivity contribution < 1.29 is 18.8 Å². The molecular formula is C28H29FN8O3. The highest BCUT2D eigenvalue weighted by Gasteiger charge is 2.22. The summed E-state index contributed by atoms with van der Waals surface area (Å²) in [5.41, 5.74) is 3.51. The lowest BCUT2D eigenvalue weighted by atomic mass is 10.1. The number of pyridine rings is 1. The first-order valence-corrected chi connectivity index (χ1v) is 12.8. The Hall–Kier alpha value is -4.84. The van der Waals surface area contributed by atoms with Crippen molar-refractivity contribution in [3.05, 3.63) is 72.7 Å². The minimum atomic E-state index is -0.562. The number of imidazole rings is 1. The van der Waals surface area contributed by atoms with E-state index in [-0.39, 0.29) is 5.69 Å². The first-order chi connectivity index (χ1) is 19.5. The summed E-state index contributed by atoms with van der Waals surface area (Å²) < 4.78 is 20.0. The van der Waals surface area contributed by atoms with Crippen LogP contribution in [0.25, 0.3) is 22.4 Å². The highest BCUT2D eigenvalue weighted by molar-refractivity contribution is 5.93. The smallest absolute Gasteiger partial charge is 0.345 e. The third-order valence-electron chi connectivity index (χ3n) is 6.25. The SMILES string of the molecule is C1=CCCC=C1.COc1cnc(Nc2cc(NC(=O)N3CCCO3)c(F)cc2C)c(-c2ncnc3nc[nH]c23)c1. The summed E-state index contributed by atoms with van der Waals surface area (Å²) in [6, 6.07) is 4.10. The van der Waals surface area contributed by atoms with Crippen LogP contribution < -0.4 is 15.4 Å². The fourth-order valence-electron chi connectivity index (χ4n) is 4.16. The minimum absolute atomic E-state index is 0.0154. The Kier molecular flexibility index (Phi) is 8.26. The molecule has 2 aliphatic rings. The van der Waals surface area contributed by atoms with Gasteiger partial charge in [0.05, 0.1) is 38.5 Å². The maximum Gasteiger partial charge on any atom is 0.345 e. The molecule has 0 radical (unpaired) electrons. The summed E-state index contributed by atoms with van der Waals surface area (Å²) in [6.45, 7) is 2.65. The number of carbonyl (C=O) groups excluding carboxylic acids is 1. The van der Waals surface area contributed by atoms with E-state index in [4.69, 9.17) is 9.57 Å². The molecular weight excluding hydrogens is 515 g/mol. The fraction of sp³-hybridized carbons (Fsp3) is 0.250. The van der Waals surface area contributed by atoms with Gasteiger partial charge in [-0.25, -0.2) is 34.2 Å². The zero-order chi connectivity index (χ0) is 27.9. The standard InChI is InChI=1S/C22H21FN8O3.C6H8/c1-12-6-15(23)17(30-22(32)31-4-3-5-34-31)8-16(12)29-20-14(7-13(33-2)9-24-20)18-19-21(27-10-25-18)28-11-26-19;1-2-4-6-5-3-1/h6-11H,3-5H2,1-2H3,(H,24,29)(H,30,32)(H,25,26,27,28);1-4H,5-6H2. The van der Waals surface area contributed by atoms with Crippen molar-refractivity contribution in [3.8, 4) is 17.0 Å². The van der Waals surface area contributed by atoms with Crippen molar-refractivity contribution >= 4 is 34.4 Å². The molecule has 1 aliphatic heterocycles. The summed E-state index contributed by atoms with van der Waals surface area (Å²) >= 11 is 0. The normalized spacial score (nSPS) is 14.1. The molecule has 3 aromatic heterocycles. The van der Waals surface area contributed by atoms with Gasteiger partial charge in [0, 0.05) is 11.3 Å². The first-order valence-electron chi connectivity index (χ1n) is 12.8. The number of benzene rings is 1. The second-order valence-electron chi connectivity index (χ2n) is 9.02. The number of urea groups is 1. The number of nitrogens with zero attached hydrogens (tertiary/aromatic N) is 5. The number of aryl methyl sites for hydroxylation is 1. The number of methoxy groups -OCH3 is 1. The number of anilines is 3. The molecule has 11 nitrogen and oxygen atoms in total. The van der Waals surface area contributed by atoms with Crippen LogP contribution in [-0.4, -0.2) is 56.3 Å². The molecule has 0 atom stereocenters. The lowest BCUT2D eigenvalue weighted by molar-refractivity contribution is -0.0614. The third-order valence-corrected chi connectivity index (χ3v) is 6.25. The van der Waals surface area contributed by atoms with Crippen LogP contribution in [0, 0.1) is 12.7 Å². The van der Waals surface area contributed by atoms with E-state index in [9.17, 15) is 9.18 Å². The van der Waals surface area contributed by atoms with E-state index in [1.165, 1.54) is 42.7 Å². The highest BCUT2D eigenvalue weighted by Crippen LogP contribution is 2.35. The predicted octanol–water partition coefficient (Wildman–Crippen LogP) is 5.68. The highest BCUT2D eigenvalue weighted by atomic mass is 19.1. The molecule has 0 spiro atoms. The minimum Gasteiger partial charge on any atom is -0.495 e. The Morgan fingerprint density at radius 3 is 2.62 bits per heavy atom. The molecule has 4 aromatic rings. The lowest BCUT2D eigenvalue weighted by Gasteiger charge is -2.18. The number of halogens is 1. The van der Waals surface area contributed by atoms with E-state index in [1.54, 1.807) is 26.3 Å². The number of amides is 2. The maximum atomic E-state index is 14.6. The average Bonchev–Trinajstić information content (AvgIpc) is 3.70. The number of rotatable bonds is 5. The van der Waals surface area contributed by atoms with Gasteiger partial charge in [-0.15, -0.1) is 0 Å². The van der Waals surface area contributed by atoms with Crippen molar-refractivity contribution in [2.75, 3.05) is 30.9 Å². The molecule has 0 saturated carbocycles. The third kappa shape index (κ3) is 6.07. The van der Waals surface area contributed by atoms with E-state index in [0.29, 0.717) is 58.4 Å². The maximum absolute atomic E-state index is 14.6. The van der Waals surface area contributed by atoms with Gasteiger partial charge in [-0.1, -0.05) is 24.3 Å². The van der Waals surface area contributed by atoms with Gasteiger partial charge in [-0.05, 0) is 49.9 Å². The molecule has 2 amide bonds. The summed E-state index contributed by atoms with van der Waals surface area (Å²) in [5, 5.41) is 6.98. The number of aromatic nitrogens is 5. The van der Waals surface area contributed by atoms with Gasteiger partial charge in [0.15, 0.2) is 5.65 Å². The Bertz CT molecular complexity index is 1550. The fourth-order valence-corrected chi connectivity index (χ4v) is 4.16. The van der Waals surface area contributed by atoms with Gasteiger partial charge < -0.3 is 20.4 Å². The monoisotopic (exact) mass is 544 g/mol. The van der Waals surface area contributed by atoms with Crippen LogP contribution in [0.5, 0.6) is 5.75 Å². The van der Waals surface area contributed by atoms with Crippen molar-refractivity contribution in [2.45, 2.75) is 26.2 Å². The van der Waals surface area contributed by atoms with E-state index in [0.717, 1.165) is 6.42 Å². The van der Waals surface area contributed by atoms with E-state index in [2.05, 4.69) is 59.9 Å². The summed E-state index contributed by atoms with van der Waals surface area (Å²) in [5.74, 6) is 0.417. The van der Waals surface area contributed by atoms with E-state index >= 15 is 0 Å². The van der Waals surface area contributed by atoms with Crippen LogP contribution in [0.15, 0.2) is 61.4 Å². The molecule has 0 bridgehead atoms. The average molecular weight is 545 g/mol. The molecule has 206 valence electrons. The quantitative estimate of drug-likeness (QED) is 0.293. The molecule has 1 fully saturated rings. The van der Waals surface area contributed by atoms with E-state index in [1.807, 2.05) is 0 Å². The van der Waals surface area contributed by atoms with E-state index < -0.39 is 11.8 Å². The molecule has 1 saturated heterocycles. The largest absolute Gasteiger partial charge is 0.495 e. The van der Waals surface area contributed by atoms with Crippen LogP contribution in [0.3, 0.4) is 0 Å². The number of fused-ring (bicyclic) bond motifs is 1. The second-order valence-corrected chi connectivity index (χ2v) is 9.02. The van der Waals surface area contributed by atoms with Crippen molar-refractivity contribution in [1.82, 2.24) is 30.0 Å². The van der Waals surface area contributed by atoms with Crippen LogP contribution in [0.1, 0.15) is 24.8 Å². The van der Waals surface area contributed by atoms with Crippen LogP contribution in [-0.2, 0) is 4.84 Å². The van der Waals surface area contributed by atoms with Gasteiger partial charge in [-0.3, -0.25) is 4.84 Å². The molecule has 1 aliphatic carbocycles.